The number of hydrogen-bond donors (Lipinski definition) is 6. The number of fused-ring (bicyclic) bond motifs is 1. The van der Waals surface area contributed by atoms with Crippen LogP contribution in [0.1, 0.15) is 13.2 Å². The van der Waals surface area contributed by atoms with Crippen LogP contribution in [-0.4, -0.2) is 58.0 Å². The number of phosphoric acid groups is 3. The lowest BCUT2D eigenvalue weighted by molar-refractivity contribution is -0.0437. The van der Waals surface area contributed by atoms with Crippen molar-refractivity contribution in [3.63, 3.8) is 0 Å². The highest BCUT2D eigenvalue weighted by molar-refractivity contribution is 7.66. The van der Waals surface area contributed by atoms with Gasteiger partial charge in [0.25, 0.3) is 0 Å². The van der Waals surface area contributed by atoms with E-state index in [4.69, 9.17) is 25.2 Å². The number of nitrogens with zero attached hydrogens (tertiary/aromatic N) is 3. The molecule has 3 rings (SSSR count). The van der Waals surface area contributed by atoms with Crippen LogP contribution in [0.2, 0.25) is 0 Å². The molecule has 2 aromatic rings. The fourth-order valence-corrected chi connectivity index (χ4v) is 6.10. The van der Waals surface area contributed by atoms with E-state index in [0.717, 1.165) is 12.5 Å². The van der Waals surface area contributed by atoms with Crippen LogP contribution in [0.3, 0.4) is 0 Å². The van der Waals surface area contributed by atoms with Gasteiger partial charge < -0.3 is 39.7 Å². The van der Waals surface area contributed by atoms with Crippen molar-refractivity contribution >= 4 is 40.3 Å². The first-order valence-electron chi connectivity index (χ1n) is 8.48. The van der Waals surface area contributed by atoms with Crippen molar-refractivity contribution in [2.45, 2.75) is 25.4 Å². The summed E-state index contributed by atoms with van der Waals surface area (Å²) in [6.45, 7) is 0.652. The Labute approximate surface area is 178 Å². The molecule has 1 saturated heterocycles. The number of phosphoric ester groups is 1. The predicted molar refractivity (Wildman–Crippen MR) is 101 cm³/mol. The number of nitrogen functional groups attached to an aromatic ring is 1. The van der Waals surface area contributed by atoms with Crippen molar-refractivity contribution in [2.75, 3.05) is 12.3 Å². The zero-order valence-electron chi connectivity index (χ0n) is 15.9. The summed E-state index contributed by atoms with van der Waals surface area (Å²) in [7, 11) is -16.6. The Morgan fingerprint density at radius 1 is 1.19 bits per heavy atom. The molecular formula is C12H18FN4O12P3. The summed E-state index contributed by atoms with van der Waals surface area (Å²) in [5, 5.41) is 10.3. The summed E-state index contributed by atoms with van der Waals surface area (Å²) in [5.41, 5.74) is 5.72. The molecule has 0 amide bonds. The van der Waals surface area contributed by atoms with Gasteiger partial charge in [-0.05, 0) is 0 Å². The Balaban J connectivity index is 1.73. The highest BCUT2D eigenvalue weighted by Crippen LogP contribution is 2.66. The Morgan fingerprint density at radius 3 is 2.47 bits per heavy atom. The third kappa shape index (κ3) is 5.59. The fraction of sp³-hybridized carbons (Fsp3) is 0.500. The number of aliphatic hydroxyl groups excluding tert-OH is 1. The van der Waals surface area contributed by atoms with Gasteiger partial charge in [0.05, 0.1) is 18.1 Å². The van der Waals surface area contributed by atoms with E-state index in [2.05, 4.69) is 23.1 Å². The molecule has 2 aromatic heterocycles. The van der Waals surface area contributed by atoms with E-state index in [1.54, 1.807) is 0 Å². The molecule has 20 heteroatoms. The van der Waals surface area contributed by atoms with Crippen molar-refractivity contribution in [1.29, 1.82) is 0 Å². The summed E-state index contributed by atoms with van der Waals surface area (Å²) < 4.78 is 66.7. The van der Waals surface area contributed by atoms with Gasteiger partial charge in [0.15, 0.2) is 11.5 Å². The molecule has 1 aliphatic heterocycles. The van der Waals surface area contributed by atoms with E-state index in [9.17, 15) is 28.1 Å². The van der Waals surface area contributed by atoms with Gasteiger partial charge in [-0.1, -0.05) is 6.92 Å². The SMILES string of the molecule is C[C@H]1[C@H](O)[C@@H](COP(=O)(O)OP(=O)(O)OP(=O)(O)O)O[C@H]1n1cc(F)c2c(N)ncnc21. The number of halogens is 1. The summed E-state index contributed by atoms with van der Waals surface area (Å²) in [5.74, 6) is -1.60. The number of hydrogen-bond acceptors (Lipinski definition) is 11. The maximum absolute atomic E-state index is 14.3. The highest BCUT2D eigenvalue weighted by atomic mass is 31.3. The molecular weight excluding hydrogens is 504 g/mol. The smallest absolute Gasteiger partial charge is 0.390 e. The maximum Gasteiger partial charge on any atom is 0.490 e. The third-order valence-corrected chi connectivity index (χ3v) is 8.17. The highest BCUT2D eigenvalue weighted by Gasteiger charge is 2.45. The van der Waals surface area contributed by atoms with Gasteiger partial charge >= 0.3 is 23.5 Å². The average molecular weight is 522 g/mol. The standard InChI is InChI=1S/C12H18FN4O12P3/c1-5-9(18)7(3-26-31(22,23)29-32(24,25)28-30(19,20)21)27-12(5)17-2-6(13)8-10(14)15-4-16-11(8)17/h2,4-5,7,9,12,18H,3H2,1H3,(H,22,23)(H,24,25)(H2,14,15,16)(H2,19,20,21)/t5-,7+,9-,12+/m0/s1. The Bertz CT molecular complexity index is 1160. The molecule has 32 heavy (non-hydrogen) atoms. The molecule has 16 nitrogen and oxygen atoms in total. The quantitative estimate of drug-likeness (QED) is 0.257. The van der Waals surface area contributed by atoms with Crippen molar-refractivity contribution in [3.8, 4) is 0 Å². The Kier molecular flexibility index (Phi) is 6.96. The molecule has 0 bridgehead atoms. The summed E-state index contributed by atoms with van der Waals surface area (Å²) in [6.07, 6.45) is -1.54. The molecule has 2 unspecified atom stereocenters. The van der Waals surface area contributed by atoms with Crippen molar-refractivity contribution < 1.29 is 60.6 Å². The van der Waals surface area contributed by atoms with Gasteiger partial charge in [-0.3, -0.25) is 4.52 Å². The number of rotatable bonds is 8. The van der Waals surface area contributed by atoms with Crippen LogP contribution in [0.5, 0.6) is 0 Å². The van der Waals surface area contributed by atoms with Crippen LogP contribution in [0.15, 0.2) is 12.5 Å². The zero-order valence-corrected chi connectivity index (χ0v) is 18.6. The largest absolute Gasteiger partial charge is 0.490 e. The van der Waals surface area contributed by atoms with Crippen LogP contribution in [0.25, 0.3) is 11.0 Å². The van der Waals surface area contributed by atoms with E-state index < -0.39 is 60.2 Å². The average Bonchev–Trinajstić information content (AvgIpc) is 3.09. The topological polar surface area (TPSA) is 246 Å². The van der Waals surface area contributed by atoms with Crippen LogP contribution in [0.4, 0.5) is 10.2 Å². The summed E-state index contributed by atoms with van der Waals surface area (Å²) in [4.78, 5) is 43.4. The van der Waals surface area contributed by atoms with E-state index in [1.807, 2.05) is 0 Å². The second kappa shape index (κ2) is 8.80. The minimum absolute atomic E-state index is 0.0626. The van der Waals surface area contributed by atoms with Gasteiger partial charge in [-0.25, -0.2) is 28.1 Å². The van der Waals surface area contributed by atoms with E-state index in [1.165, 1.54) is 11.5 Å². The van der Waals surface area contributed by atoms with Crippen LogP contribution < -0.4 is 5.73 Å². The molecule has 3 heterocycles. The molecule has 1 fully saturated rings. The van der Waals surface area contributed by atoms with E-state index in [-0.39, 0.29) is 16.9 Å². The normalized spacial score (nSPS) is 28.0. The molecule has 1 aliphatic rings. The first-order chi connectivity index (χ1) is 14.6. The number of ether oxygens (including phenoxy) is 1. The van der Waals surface area contributed by atoms with Crippen molar-refractivity contribution in [2.24, 2.45) is 5.92 Å². The number of aromatic nitrogens is 3. The lowest BCUT2D eigenvalue weighted by Crippen LogP contribution is -2.29. The fourth-order valence-electron chi connectivity index (χ4n) is 3.07. The number of nitrogens with two attached hydrogens (primary N) is 1. The number of aliphatic hydroxyl groups is 1. The van der Waals surface area contributed by atoms with E-state index >= 15 is 0 Å². The lowest BCUT2D eigenvalue weighted by atomic mass is 10.0. The predicted octanol–water partition coefficient (Wildman–Crippen LogP) is 0.390. The van der Waals surface area contributed by atoms with Gasteiger partial charge in [0.1, 0.15) is 24.5 Å². The van der Waals surface area contributed by atoms with Crippen molar-refractivity contribution in [3.05, 3.63) is 18.3 Å². The lowest BCUT2D eigenvalue weighted by Gasteiger charge is -2.19. The van der Waals surface area contributed by atoms with E-state index in [0.29, 0.717) is 0 Å². The molecule has 0 spiro atoms. The molecule has 180 valence electrons. The monoisotopic (exact) mass is 522 g/mol. The van der Waals surface area contributed by atoms with Gasteiger partial charge in [0, 0.05) is 12.1 Å². The Hall–Kier alpha value is -1.32. The zero-order chi connectivity index (χ0) is 24.1. The second-order valence-electron chi connectivity index (χ2n) is 6.64. The minimum atomic E-state index is -5.69. The van der Waals surface area contributed by atoms with Crippen molar-refractivity contribution in [1.82, 2.24) is 14.5 Å². The summed E-state index contributed by atoms with van der Waals surface area (Å²) >= 11 is 0. The summed E-state index contributed by atoms with van der Waals surface area (Å²) in [6, 6.07) is 0. The van der Waals surface area contributed by atoms with Crippen LogP contribution in [-0.2, 0) is 31.6 Å². The maximum atomic E-state index is 14.3. The Morgan fingerprint density at radius 2 is 1.84 bits per heavy atom. The van der Waals surface area contributed by atoms with Crippen LogP contribution in [0, 0.1) is 11.7 Å². The van der Waals surface area contributed by atoms with Gasteiger partial charge in [-0.2, -0.15) is 8.62 Å². The number of anilines is 1. The first-order valence-corrected chi connectivity index (χ1v) is 13.0. The van der Waals surface area contributed by atoms with Gasteiger partial charge in [0.2, 0.25) is 0 Å². The molecule has 0 radical (unpaired) electrons. The molecule has 7 N–H and O–H groups in total. The molecule has 0 aliphatic carbocycles. The third-order valence-electron chi connectivity index (χ3n) is 4.37. The first kappa shape index (κ1) is 25.3. The molecule has 6 atom stereocenters. The molecule has 0 aromatic carbocycles. The second-order valence-corrected chi connectivity index (χ2v) is 11.1. The van der Waals surface area contributed by atoms with Crippen LogP contribution >= 0.6 is 23.5 Å². The minimum Gasteiger partial charge on any atom is -0.390 e. The van der Waals surface area contributed by atoms with Gasteiger partial charge in [-0.15, -0.1) is 0 Å². The molecule has 0 saturated carbocycles.